The van der Waals surface area contributed by atoms with E-state index >= 15 is 0 Å². The fraction of sp³-hybridized carbons (Fsp3) is 0.429. The molecule has 0 bridgehead atoms. The van der Waals surface area contributed by atoms with Crippen molar-refractivity contribution in [1.82, 2.24) is 10.6 Å². The zero-order valence-electron chi connectivity index (χ0n) is 11.0. The number of alkyl halides is 1. The number of aliphatic imine (C=N–C) groups is 1. The highest BCUT2D eigenvalue weighted by molar-refractivity contribution is 5.81. The Balaban J connectivity index is 2.19. The molecule has 1 aromatic carbocycles. The molecule has 0 radical (unpaired) electrons. The summed E-state index contributed by atoms with van der Waals surface area (Å²) in [6.07, 6.45) is 4.15. The Morgan fingerprint density at radius 1 is 1.50 bits per heavy atom. The molecule has 1 atom stereocenters. The van der Waals surface area contributed by atoms with Gasteiger partial charge in [0.1, 0.15) is 12.5 Å². The molecule has 1 aliphatic carbocycles. The van der Waals surface area contributed by atoms with Gasteiger partial charge in [0, 0.05) is 0 Å². The van der Waals surface area contributed by atoms with Crippen LogP contribution in [0.25, 0.3) is 0 Å². The van der Waals surface area contributed by atoms with Crippen molar-refractivity contribution in [2.24, 2.45) is 4.99 Å². The van der Waals surface area contributed by atoms with Gasteiger partial charge in [0.25, 0.3) is 0 Å². The van der Waals surface area contributed by atoms with Crippen molar-refractivity contribution < 1.29 is 8.78 Å². The normalized spacial score (nSPS) is 18.1. The van der Waals surface area contributed by atoms with Crippen LogP contribution in [0.1, 0.15) is 30.0 Å². The van der Waals surface area contributed by atoms with Crippen LogP contribution in [0, 0.1) is 17.3 Å². The molecule has 0 saturated heterocycles. The Labute approximate surface area is 116 Å². The third-order valence-corrected chi connectivity index (χ3v) is 3.29. The molecule has 2 N–H and O–H groups in total. The van der Waals surface area contributed by atoms with E-state index in [1.807, 2.05) is 6.07 Å². The van der Waals surface area contributed by atoms with Crippen LogP contribution in [0.3, 0.4) is 0 Å². The Hall–Kier alpha value is -2.16. The van der Waals surface area contributed by atoms with Crippen molar-refractivity contribution in [3.63, 3.8) is 0 Å². The molecule has 4 nitrogen and oxygen atoms in total. The number of hydrogen-bond donors (Lipinski definition) is 2. The molecule has 0 amide bonds. The van der Waals surface area contributed by atoms with Crippen LogP contribution in [0.5, 0.6) is 0 Å². The van der Waals surface area contributed by atoms with Gasteiger partial charge in [0.2, 0.25) is 5.96 Å². The van der Waals surface area contributed by atoms with Gasteiger partial charge in [-0.2, -0.15) is 5.26 Å². The number of benzene rings is 1. The molecule has 0 spiro atoms. The first-order valence-corrected chi connectivity index (χ1v) is 6.55. The molecule has 0 aliphatic heterocycles. The maximum atomic E-state index is 13.8. The summed E-state index contributed by atoms with van der Waals surface area (Å²) in [4.78, 5) is 3.92. The first kappa shape index (κ1) is 14.3. The van der Waals surface area contributed by atoms with Gasteiger partial charge in [-0.3, -0.25) is 5.32 Å². The van der Waals surface area contributed by atoms with Gasteiger partial charge in [-0.15, -0.1) is 0 Å². The van der Waals surface area contributed by atoms with Crippen LogP contribution in [-0.2, 0) is 6.42 Å². The highest BCUT2D eigenvalue weighted by Crippen LogP contribution is 2.31. The minimum Gasteiger partial charge on any atom is -0.349 e. The molecule has 1 aliphatic rings. The van der Waals surface area contributed by atoms with E-state index in [2.05, 4.69) is 15.6 Å². The number of hydrogen-bond acceptors (Lipinski definition) is 2. The highest BCUT2D eigenvalue weighted by Gasteiger charge is 2.23. The van der Waals surface area contributed by atoms with E-state index in [1.54, 1.807) is 12.3 Å². The van der Waals surface area contributed by atoms with Crippen LogP contribution in [-0.4, -0.2) is 19.2 Å². The van der Waals surface area contributed by atoms with Gasteiger partial charge in [-0.1, -0.05) is 12.1 Å². The standard InChI is InChI=1S/C14H16F2N4/c15-7-8-18-14(19-9-17)20-13-6-2-3-10-11(13)4-1-5-12(10)16/h1,4-5,13H,2-3,6-8H2,(H2,18,19,20)/t13-/m0/s1. The van der Waals surface area contributed by atoms with Crippen molar-refractivity contribution >= 4 is 5.96 Å². The summed E-state index contributed by atoms with van der Waals surface area (Å²) in [5.41, 5.74) is 1.59. The number of halogens is 2. The Kier molecular flexibility index (Phi) is 4.88. The molecular weight excluding hydrogens is 262 g/mol. The van der Waals surface area contributed by atoms with Crippen LogP contribution < -0.4 is 10.6 Å². The van der Waals surface area contributed by atoms with E-state index in [0.29, 0.717) is 12.0 Å². The minimum atomic E-state index is -0.589. The molecule has 0 heterocycles. The summed E-state index contributed by atoms with van der Waals surface area (Å²) in [6, 6.07) is 4.87. The number of fused-ring (bicyclic) bond motifs is 1. The molecule has 2 rings (SSSR count). The largest absolute Gasteiger partial charge is 0.349 e. The number of nitriles is 1. The molecular formula is C14H16F2N4. The first-order valence-electron chi connectivity index (χ1n) is 6.55. The van der Waals surface area contributed by atoms with Gasteiger partial charge < -0.3 is 5.32 Å². The number of nitrogens with zero attached hydrogens (tertiary/aromatic N) is 2. The minimum absolute atomic E-state index is 0.0141. The van der Waals surface area contributed by atoms with Crippen LogP contribution in [0.15, 0.2) is 23.2 Å². The van der Waals surface area contributed by atoms with Crippen LogP contribution >= 0.6 is 0 Å². The maximum Gasteiger partial charge on any atom is 0.205 e. The van der Waals surface area contributed by atoms with Crippen molar-refractivity contribution in [1.29, 1.82) is 5.26 Å². The average molecular weight is 278 g/mol. The molecule has 0 aromatic heterocycles. The lowest BCUT2D eigenvalue weighted by atomic mass is 9.87. The molecule has 6 heteroatoms. The SMILES string of the molecule is N#CNC(=NCCF)N[C@H]1CCCc2c(F)cccc21. The predicted molar refractivity (Wildman–Crippen MR) is 72.2 cm³/mol. The molecule has 20 heavy (non-hydrogen) atoms. The Bertz CT molecular complexity index is 536. The van der Waals surface area contributed by atoms with Crippen molar-refractivity contribution in [2.45, 2.75) is 25.3 Å². The van der Waals surface area contributed by atoms with E-state index in [-0.39, 0.29) is 24.4 Å². The average Bonchev–Trinajstić information content (AvgIpc) is 2.46. The van der Waals surface area contributed by atoms with E-state index in [1.165, 1.54) is 6.07 Å². The summed E-state index contributed by atoms with van der Waals surface area (Å²) < 4.78 is 25.9. The molecule has 0 saturated carbocycles. The molecule has 106 valence electrons. The van der Waals surface area contributed by atoms with Gasteiger partial charge in [0.05, 0.1) is 12.6 Å². The van der Waals surface area contributed by atoms with E-state index in [0.717, 1.165) is 18.4 Å². The fourth-order valence-electron chi connectivity index (χ4n) is 2.45. The lowest BCUT2D eigenvalue weighted by molar-refractivity contribution is 0.491. The zero-order valence-corrected chi connectivity index (χ0v) is 11.0. The fourth-order valence-corrected chi connectivity index (χ4v) is 2.45. The van der Waals surface area contributed by atoms with Gasteiger partial charge in [0.15, 0.2) is 6.19 Å². The zero-order chi connectivity index (χ0) is 14.4. The number of nitrogens with one attached hydrogen (secondary N) is 2. The summed E-state index contributed by atoms with van der Waals surface area (Å²) in [5.74, 6) is 0.0248. The van der Waals surface area contributed by atoms with E-state index in [9.17, 15) is 8.78 Å². The molecule has 0 unspecified atom stereocenters. The summed E-state index contributed by atoms with van der Waals surface area (Å²) in [7, 11) is 0. The quantitative estimate of drug-likeness (QED) is 0.385. The second-order valence-corrected chi connectivity index (χ2v) is 4.55. The molecule has 0 fully saturated rings. The summed E-state index contributed by atoms with van der Waals surface area (Å²) in [5, 5.41) is 14.1. The smallest absolute Gasteiger partial charge is 0.205 e. The second kappa shape index (κ2) is 6.85. The van der Waals surface area contributed by atoms with Gasteiger partial charge >= 0.3 is 0 Å². The molecule has 1 aromatic rings. The monoisotopic (exact) mass is 278 g/mol. The third-order valence-electron chi connectivity index (χ3n) is 3.29. The summed E-state index contributed by atoms with van der Waals surface area (Å²) >= 11 is 0. The topological polar surface area (TPSA) is 60.2 Å². The first-order chi connectivity index (χ1) is 9.76. The Morgan fingerprint density at radius 3 is 3.10 bits per heavy atom. The lowest BCUT2D eigenvalue weighted by Gasteiger charge is -2.27. The van der Waals surface area contributed by atoms with Crippen LogP contribution in [0.4, 0.5) is 8.78 Å². The number of rotatable bonds is 3. The van der Waals surface area contributed by atoms with Crippen molar-refractivity contribution in [2.75, 3.05) is 13.2 Å². The van der Waals surface area contributed by atoms with E-state index < -0.39 is 6.67 Å². The Morgan fingerprint density at radius 2 is 2.35 bits per heavy atom. The third kappa shape index (κ3) is 3.23. The van der Waals surface area contributed by atoms with Crippen LogP contribution in [0.2, 0.25) is 0 Å². The van der Waals surface area contributed by atoms with Crippen molar-refractivity contribution in [3.8, 4) is 6.19 Å². The van der Waals surface area contributed by atoms with Gasteiger partial charge in [-0.25, -0.2) is 13.8 Å². The summed E-state index contributed by atoms with van der Waals surface area (Å²) in [6.45, 7) is -0.603. The van der Waals surface area contributed by atoms with Gasteiger partial charge in [-0.05, 0) is 36.5 Å². The second-order valence-electron chi connectivity index (χ2n) is 4.55. The van der Waals surface area contributed by atoms with E-state index in [4.69, 9.17) is 5.26 Å². The number of guanidine groups is 1. The van der Waals surface area contributed by atoms with Crippen molar-refractivity contribution in [3.05, 3.63) is 35.1 Å². The highest BCUT2D eigenvalue weighted by atomic mass is 19.1. The predicted octanol–water partition coefficient (Wildman–Crippen LogP) is 2.19. The lowest BCUT2D eigenvalue weighted by Crippen LogP contribution is -2.39. The maximum absolute atomic E-state index is 13.8.